The number of aliphatic hydroxyl groups excluding tert-OH is 1. The minimum atomic E-state index is -0.728. The largest absolute Gasteiger partial charge is 0.490 e. The summed E-state index contributed by atoms with van der Waals surface area (Å²) in [7, 11) is 0. The second kappa shape index (κ2) is 17.7. The molecule has 252 valence electrons. The molecule has 0 aromatic heterocycles. The van der Waals surface area contributed by atoms with Crippen molar-refractivity contribution in [2.75, 3.05) is 44.6 Å². The first kappa shape index (κ1) is 35.0. The van der Waals surface area contributed by atoms with Gasteiger partial charge in [0.25, 0.3) is 5.91 Å². The average Bonchev–Trinajstić information content (AvgIpc) is 3.14. The van der Waals surface area contributed by atoms with Gasteiger partial charge in [-0.15, -0.1) is 0 Å². The molecule has 1 unspecified atom stereocenters. The molecule has 4 N–H and O–H groups in total. The Hall–Kier alpha value is -5.35. The number of piperazine rings is 1. The van der Waals surface area contributed by atoms with Crippen LogP contribution in [0, 0.1) is 5.82 Å². The maximum Gasteiger partial charge on any atom is 0.259 e. The van der Waals surface area contributed by atoms with E-state index in [0.29, 0.717) is 17.9 Å². The van der Waals surface area contributed by atoms with Gasteiger partial charge in [-0.2, -0.15) is 0 Å². The molecule has 5 aromatic rings. The van der Waals surface area contributed by atoms with Crippen molar-refractivity contribution in [2.24, 2.45) is 5.73 Å². The summed E-state index contributed by atoms with van der Waals surface area (Å²) in [5, 5.41) is 13.4. The first-order chi connectivity index (χ1) is 23.9. The summed E-state index contributed by atoms with van der Waals surface area (Å²) in [5.41, 5.74) is 8.45. The number of hydrogen-bond donors (Lipinski definition) is 3. The molecule has 1 heterocycles. The molecular weight excluding hydrogens is 619 g/mol. The normalized spacial score (nSPS) is 13.9. The van der Waals surface area contributed by atoms with Crippen LogP contribution < -0.4 is 15.8 Å². The molecule has 1 aliphatic rings. The fourth-order valence-electron chi connectivity index (χ4n) is 5.76. The number of nitrogens with two attached hydrogens (primary N) is 1. The minimum absolute atomic E-state index is 0.0425. The quantitative estimate of drug-likeness (QED) is 0.160. The highest BCUT2D eigenvalue weighted by Gasteiger charge is 2.27. The molecule has 0 bridgehead atoms. The molecule has 1 atom stereocenters. The van der Waals surface area contributed by atoms with Gasteiger partial charge in [0.05, 0.1) is 17.3 Å². The van der Waals surface area contributed by atoms with Crippen molar-refractivity contribution in [1.29, 1.82) is 0 Å². The van der Waals surface area contributed by atoms with Crippen LogP contribution in [0.4, 0.5) is 10.1 Å². The summed E-state index contributed by atoms with van der Waals surface area (Å²) in [5.74, 6) is -1.02. The molecule has 1 aliphatic heterocycles. The highest BCUT2D eigenvalue weighted by atomic mass is 19.1. The maximum atomic E-state index is 14.0. The molecular formula is C40H41FN4O4. The molecule has 6 rings (SSSR count). The summed E-state index contributed by atoms with van der Waals surface area (Å²) >= 11 is 0. The number of β-amino-alcohol motifs (C(OH)–C–C–N with tert-alkyl or cyclic N) is 1. The molecule has 49 heavy (non-hydrogen) atoms. The highest BCUT2D eigenvalue weighted by molar-refractivity contribution is 6.06. The lowest BCUT2D eigenvalue weighted by Gasteiger charge is -2.40. The van der Waals surface area contributed by atoms with E-state index in [1.165, 1.54) is 23.3 Å². The van der Waals surface area contributed by atoms with E-state index >= 15 is 0 Å². The fourth-order valence-corrected chi connectivity index (χ4v) is 5.76. The Morgan fingerprint density at radius 2 is 1.27 bits per heavy atom. The van der Waals surface area contributed by atoms with E-state index in [0.717, 1.165) is 26.2 Å². The number of hydrogen-bond acceptors (Lipinski definition) is 6. The Kier molecular flexibility index (Phi) is 12.6. The predicted molar refractivity (Wildman–Crippen MR) is 190 cm³/mol. The lowest BCUT2D eigenvalue weighted by molar-refractivity contribution is 0.0398. The topological polar surface area (TPSA) is 108 Å². The molecule has 1 fully saturated rings. The van der Waals surface area contributed by atoms with Gasteiger partial charge in [-0.1, -0.05) is 103 Å². The van der Waals surface area contributed by atoms with Crippen LogP contribution in [0.3, 0.4) is 0 Å². The zero-order chi connectivity index (χ0) is 34.4. The van der Waals surface area contributed by atoms with Crippen LogP contribution in [0.5, 0.6) is 5.75 Å². The Morgan fingerprint density at radius 1 is 0.735 bits per heavy atom. The molecule has 8 nitrogen and oxygen atoms in total. The van der Waals surface area contributed by atoms with E-state index in [9.17, 15) is 19.1 Å². The second-order valence-corrected chi connectivity index (χ2v) is 11.7. The zero-order valence-corrected chi connectivity index (χ0v) is 27.2. The SMILES string of the molecule is NC(=O)c1ccccc1.O=C(Nc1ccccc1F)c1ccccc1OCC(O)CN1CCN(C(c2ccccc2)c2ccccc2)CC1. The van der Waals surface area contributed by atoms with Crippen LogP contribution in [0.15, 0.2) is 140 Å². The number of amides is 2. The summed E-state index contributed by atoms with van der Waals surface area (Å²) in [6, 6.07) is 42.9. The van der Waals surface area contributed by atoms with Gasteiger partial charge in [0.15, 0.2) is 0 Å². The number of halogens is 1. The zero-order valence-electron chi connectivity index (χ0n) is 27.2. The molecule has 5 aromatic carbocycles. The van der Waals surface area contributed by atoms with E-state index in [1.807, 2.05) is 18.2 Å². The molecule has 0 aliphatic carbocycles. The number of carbonyl (C=O) groups is 2. The maximum absolute atomic E-state index is 14.0. The first-order valence-corrected chi connectivity index (χ1v) is 16.3. The summed E-state index contributed by atoms with van der Waals surface area (Å²) in [6.07, 6.45) is -0.728. The molecule has 9 heteroatoms. The third kappa shape index (κ3) is 10.1. The van der Waals surface area contributed by atoms with Crippen molar-refractivity contribution in [3.8, 4) is 5.75 Å². The number of aliphatic hydroxyl groups is 1. The number of nitrogens with one attached hydrogen (secondary N) is 1. The number of para-hydroxylation sites is 2. The number of anilines is 1. The van der Waals surface area contributed by atoms with Crippen LogP contribution in [-0.4, -0.2) is 72.2 Å². The molecule has 0 saturated carbocycles. The van der Waals surface area contributed by atoms with Crippen LogP contribution in [0.25, 0.3) is 0 Å². The van der Waals surface area contributed by atoms with Crippen molar-refractivity contribution in [3.05, 3.63) is 168 Å². The van der Waals surface area contributed by atoms with Gasteiger partial charge in [-0.3, -0.25) is 19.4 Å². The van der Waals surface area contributed by atoms with E-state index in [4.69, 9.17) is 10.5 Å². The third-order valence-electron chi connectivity index (χ3n) is 8.21. The average molecular weight is 661 g/mol. The number of nitrogens with zero attached hydrogens (tertiary/aromatic N) is 2. The van der Waals surface area contributed by atoms with E-state index in [1.54, 1.807) is 60.7 Å². The van der Waals surface area contributed by atoms with Gasteiger partial charge in [0.2, 0.25) is 5.91 Å². The number of primary amides is 1. The van der Waals surface area contributed by atoms with Crippen molar-refractivity contribution >= 4 is 17.5 Å². The van der Waals surface area contributed by atoms with Crippen LogP contribution in [0.2, 0.25) is 0 Å². The number of ether oxygens (including phenoxy) is 1. The fraction of sp³-hybridized carbons (Fsp3) is 0.200. The lowest BCUT2D eigenvalue weighted by Crippen LogP contribution is -2.50. The third-order valence-corrected chi connectivity index (χ3v) is 8.21. The van der Waals surface area contributed by atoms with Gasteiger partial charge >= 0.3 is 0 Å². The number of benzene rings is 5. The van der Waals surface area contributed by atoms with E-state index < -0.39 is 17.8 Å². The summed E-state index contributed by atoms with van der Waals surface area (Å²) in [4.78, 5) is 28.0. The van der Waals surface area contributed by atoms with Crippen molar-refractivity contribution < 1.29 is 23.8 Å². The van der Waals surface area contributed by atoms with Crippen LogP contribution >= 0.6 is 0 Å². The Balaban J connectivity index is 0.000000452. The summed E-state index contributed by atoms with van der Waals surface area (Å²) in [6.45, 7) is 3.92. The van der Waals surface area contributed by atoms with Gasteiger partial charge < -0.3 is 20.9 Å². The van der Waals surface area contributed by atoms with Crippen molar-refractivity contribution in [2.45, 2.75) is 12.1 Å². The summed E-state index contributed by atoms with van der Waals surface area (Å²) < 4.78 is 19.9. The second-order valence-electron chi connectivity index (χ2n) is 11.7. The van der Waals surface area contributed by atoms with Crippen LogP contribution in [0.1, 0.15) is 37.9 Å². The van der Waals surface area contributed by atoms with Gasteiger partial charge in [0, 0.05) is 38.3 Å². The van der Waals surface area contributed by atoms with E-state index in [2.05, 4.69) is 63.6 Å². The minimum Gasteiger partial charge on any atom is -0.490 e. The molecule has 1 saturated heterocycles. The smallest absolute Gasteiger partial charge is 0.259 e. The number of rotatable bonds is 11. The number of carbonyl (C=O) groups excluding carboxylic acids is 2. The predicted octanol–water partition coefficient (Wildman–Crippen LogP) is 6.01. The Morgan fingerprint density at radius 3 is 1.84 bits per heavy atom. The monoisotopic (exact) mass is 660 g/mol. The van der Waals surface area contributed by atoms with Gasteiger partial charge in [-0.25, -0.2) is 4.39 Å². The van der Waals surface area contributed by atoms with Crippen molar-refractivity contribution in [1.82, 2.24) is 9.80 Å². The van der Waals surface area contributed by atoms with E-state index in [-0.39, 0.29) is 29.8 Å². The van der Waals surface area contributed by atoms with Gasteiger partial charge in [0.1, 0.15) is 24.3 Å². The molecule has 0 spiro atoms. The Bertz CT molecular complexity index is 1730. The lowest BCUT2D eigenvalue weighted by atomic mass is 9.96. The standard InChI is InChI=1S/C33H34FN3O3.C7H7NO/c34-29-16-8-9-17-30(29)35-33(39)28-15-7-10-18-31(28)40-24-27(38)23-36-19-21-37(22-20-36)32(25-11-3-1-4-12-25)26-13-5-2-6-14-26;8-7(9)6-4-2-1-3-5-6/h1-18,27,32,38H,19-24H2,(H,35,39);1-5H,(H2,8,9). The van der Waals surface area contributed by atoms with Gasteiger partial charge in [-0.05, 0) is 47.5 Å². The molecule has 0 radical (unpaired) electrons. The highest BCUT2D eigenvalue weighted by Crippen LogP contribution is 2.29. The van der Waals surface area contributed by atoms with Crippen LogP contribution in [-0.2, 0) is 0 Å². The van der Waals surface area contributed by atoms with Crippen molar-refractivity contribution in [3.63, 3.8) is 0 Å². The Labute approximate surface area is 286 Å². The molecule has 2 amide bonds. The first-order valence-electron chi connectivity index (χ1n) is 16.3.